The van der Waals surface area contributed by atoms with Crippen molar-refractivity contribution in [3.8, 4) is 0 Å². The van der Waals surface area contributed by atoms with E-state index in [-0.39, 0.29) is 12.1 Å². The highest BCUT2D eigenvalue weighted by molar-refractivity contribution is 5.95. The van der Waals surface area contributed by atoms with Gasteiger partial charge in [0, 0.05) is 12.6 Å². The third-order valence-electron chi connectivity index (χ3n) is 3.73. The Hall–Kier alpha value is -3.42. The second kappa shape index (κ2) is 7.00. The Labute approximate surface area is 142 Å². The first kappa shape index (κ1) is 16.4. The summed E-state index contributed by atoms with van der Waals surface area (Å²) in [6.07, 6.45) is 2.10. The van der Waals surface area contributed by atoms with Gasteiger partial charge in [-0.3, -0.25) is 25.2 Å². The zero-order valence-electron chi connectivity index (χ0n) is 13.6. The van der Waals surface area contributed by atoms with E-state index in [1.54, 1.807) is 4.57 Å². The van der Waals surface area contributed by atoms with Crippen molar-refractivity contribution in [2.45, 2.75) is 19.9 Å². The molecule has 0 aliphatic carbocycles. The molecule has 25 heavy (non-hydrogen) atoms. The number of aryl methyl sites for hydroxylation is 1. The molecule has 2 amide bonds. The predicted octanol–water partition coefficient (Wildman–Crippen LogP) is 0.748. The molecule has 2 heterocycles. The molecule has 0 bridgehead atoms. The molecule has 0 aliphatic rings. The van der Waals surface area contributed by atoms with E-state index >= 15 is 0 Å². The van der Waals surface area contributed by atoms with Crippen LogP contribution in [0.5, 0.6) is 0 Å². The Bertz CT molecular complexity index is 989. The average Bonchev–Trinajstić information content (AvgIpc) is 2.98. The molecule has 3 aromatic rings. The number of aromatic nitrogens is 3. The van der Waals surface area contributed by atoms with Crippen LogP contribution < -0.4 is 16.4 Å². The molecule has 128 valence electrons. The number of hydrogen-bond acceptors (Lipinski definition) is 4. The first-order valence-corrected chi connectivity index (χ1v) is 7.81. The van der Waals surface area contributed by atoms with Gasteiger partial charge in [-0.1, -0.05) is 19.1 Å². The van der Waals surface area contributed by atoms with E-state index in [0.29, 0.717) is 6.42 Å². The number of carbonyl (C=O) groups is 2. The van der Waals surface area contributed by atoms with Gasteiger partial charge in [0.2, 0.25) is 0 Å². The molecule has 0 saturated carbocycles. The van der Waals surface area contributed by atoms with Crippen LogP contribution in [-0.2, 0) is 17.8 Å². The number of hydrogen-bond donors (Lipinski definition) is 3. The minimum absolute atomic E-state index is 0.00904. The molecular weight excluding hydrogens is 322 g/mol. The number of rotatable bonds is 4. The normalized spacial score (nSPS) is 10.6. The Morgan fingerprint density at radius 3 is 2.72 bits per heavy atom. The number of hydrazine groups is 1. The van der Waals surface area contributed by atoms with Crippen LogP contribution in [0.15, 0.2) is 47.4 Å². The van der Waals surface area contributed by atoms with E-state index in [4.69, 9.17) is 0 Å². The van der Waals surface area contributed by atoms with Crippen LogP contribution in [0.25, 0.3) is 11.0 Å². The number of para-hydroxylation sites is 2. The molecule has 3 N–H and O–H groups in total. The van der Waals surface area contributed by atoms with E-state index < -0.39 is 17.4 Å². The predicted molar refractivity (Wildman–Crippen MR) is 91.8 cm³/mol. The molecule has 0 spiro atoms. The van der Waals surface area contributed by atoms with Crippen molar-refractivity contribution in [3.63, 3.8) is 0 Å². The number of nitrogens with one attached hydrogen (secondary N) is 3. The second-order valence-corrected chi connectivity index (χ2v) is 5.37. The third-order valence-corrected chi connectivity index (χ3v) is 3.73. The molecule has 3 rings (SSSR count). The van der Waals surface area contributed by atoms with Gasteiger partial charge in [-0.2, -0.15) is 0 Å². The highest BCUT2D eigenvalue weighted by Gasteiger charge is 2.14. The first-order valence-electron chi connectivity index (χ1n) is 7.81. The van der Waals surface area contributed by atoms with Gasteiger partial charge in [-0.25, -0.2) is 4.98 Å². The molecule has 8 heteroatoms. The fourth-order valence-electron chi connectivity index (χ4n) is 2.55. The van der Waals surface area contributed by atoms with Crippen molar-refractivity contribution in [2.75, 3.05) is 0 Å². The fourth-order valence-corrected chi connectivity index (χ4v) is 2.55. The van der Waals surface area contributed by atoms with Crippen molar-refractivity contribution < 1.29 is 9.59 Å². The smallest absolute Gasteiger partial charge is 0.275 e. The van der Waals surface area contributed by atoms with Gasteiger partial charge in [0.15, 0.2) is 0 Å². The standard InChI is InChI=1S/C17H17N5O3/c1-2-14-19-12-7-3-4-8-13(12)22(14)10-15(23)20-21-17(25)11-6-5-9-18-16(11)24/h3-9H,2,10H2,1H3,(H,18,24)(H,20,23)(H,21,25). The molecule has 0 fully saturated rings. The van der Waals surface area contributed by atoms with Crippen molar-refractivity contribution in [2.24, 2.45) is 0 Å². The summed E-state index contributed by atoms with van der Waals surface area (Å²) in [5.41, 5.74) is 5.62. The average molecular weight is 339 g/mol. The Balaban J connectivity index is 1.70. The number of imidazole rings is 1. The highest BCUT2D eigenvalue weighted by atomic mass is 16.2. The molecular formula is C17H17N5O3. The van der Waals surface area contributed by atoms with Gasteiger partial charge < -0.3 is 9.55 Å². The van der Waals surface area contributed by atoms with Crippen LogP contribution >= 0.6 is 0 Å². The van der Waals surface area contributed by atoms with Gasteiger partial charge in [0.1, 0.15) is 17.9 Å². The summed E-state index contributed by atoms with van der Waals surface area (Å²) in [5, 5.41) is 0. The molecule has 0 atom stereocenters. The SMILES string of the molecule is CCc1nc2ccccc2n1CC(=O)NNC(=O)c1ccc[nH]c1=O. The van der Waals surface area contributed by atoms with E-state index in [1.807, 2.05) is 31.2 Å². The van der Waals surface area contributed by atoms with Crippen LogP contribution in [0.2, 0.25) is 0 Å². The molecule has 2 aromatic heterocycles. The van der Waals surface area contributed by atoms with E-state index in [9.17, 15) is 14.4 Å². The summed E-state index contributed by atoms with van der Waals surface area (Å²) in [4.78, 5) is 42.6. The molecule has 0 unspecified atom stereocenters. The number of carbonyl (C=O) groups excluding carboxylic acids is 2. The lowest BCUT2D eigenvalue weighted by Gasteiger charge is -2.10. The Morgan fingerprint density at radius 1 is 1.16 bits per heavy atom. The maximum absolute atomic E-state index is 12.2. The zero-order valence-corrected chi connectivity index (χ0v) is 13.6. The van der Waals surface area contributed by atoms with Gasteiger partial charge in [-0.05, 0) is 24.3 Å². The summed E-state index contributed by atoms with van der Waals surface area (Å²) < 4.78 is 1.80. The first-order chi connectivity index (χ1) is 12.1. The number of amides is 2. The molecule has 0 aliphatic heterocycles. The minimum Gasteiger partial charge on any atom is -0.328 e. The van der Waals surface area contributed by atoms with Crippen LogP contribution in [0.3, 0.4) is 0 Å². The third kappa shape index (κ3) is 3.42. The lowest BCUT2D eigenvalue weighted by Crippen LogP contribution is -2.44. The van der Waals surface area contributed by atoms with Crippen LogP contribution in [0.4, 0.5) is 0 Å². The number of aromatic amines is 1. The highest BCUT2D eigenvalue weighted by Crippen LogP contribution is 2.16. The number of benzene rings is 1. The van der Waals surface area contributed by atoms with Crippen molar-refractivity contribution in [1.82, 2.24) is 25.4 Å². The van der Waals surface area contributed by atoms with Crippen molar-refractivity contribution in [1.29, 1.82) is 0 Å². The topological polar surface area (TPSA) is 109 Å². The Kier molecular flexibility index (Phi) is 4.60. The minimum atomic E-state index is -0.679. The quantitative estimate of drug-likeness (QED) is 0.609. The van der Waals surface area contributed by atoms with Gasteiger partial charge in [0.05, 0.1) is 11.0 Å². The number of H-pyrrole nitrogens is 1. The largest absolute Gasteiger partial charge is 0.328 e. The van der Waals surface area contributed by atoms with Crippen LogP contribution in [-0.4, -0.2) is 26.3 Å². The van der Waals surface area contributed by atoms with Gasteiger partial charge in [-0.15, -0.1) is 0 Å². The number of pyridine rings is 1. The maximum Gasteiger partial charge on any atom is 0.275 e. The molecule has 0 saturated heterocycles. The fraction of sp³-hybridized carbons (Fsp3) is 0.176. The van der Waals surface area contributed by atoms with Gasteiger partial charge in [0.25, 0.3) is 17.4 Å². The number of nitrogens with zero attached hydrogens (tertiary/aromatic N) is 2. The monoisotopic (exact) mass is 339 g/mol. The zero-order chi connectivity index (χ0) is 17.8. The molecule has 8 nitrogen and oxygen atoms in total. The lowest BCUT2D eigenvalue weighted by molar-refractivity contribution is -0.122. The van der Waals surface area contributed by atoms with Crippen molar-refractivity contribution >= 4 is 22.8 Å². The summed E-state index contributed by atoms with van der Waals surface area (Å²) in [7, 11) is 0. The van der Waals surface area contributed by atoms with Crippen molar-refractivity contribution in [3.05, 3.63) is 64.3 Å². The maximum atomic E-state index is 12.2. The molecule has 1 aromatic carbocycles. The van der Waals surface area contributed by atoms with E-state index in [2.05, 4.69) is 20.8 Å². The summed E-state index contributed by atoms with van der Waals surface area (Å²) >= 11 is 0. The summed E-state index contributed by atoms with van der Waals surface area (Å²) in [5.74, 6) is -0.317. The van der Waals surface area contributed by atoms with E-state index in [1.165, 1.54) is 18.3 Å². The summed E-state index contributed by atoms with van der Waals surface area (Å²) in [6, 6.07) is 10.4. The van der Waals surface area contributed by atoms with Gasteiger partial charge >= 0.3 is 0 Å². The number of fused-ring (bicyclic) bond motifs is 1. The van der Waals surface area contributed by atoms with Crippen LogP contribution in [0.1, 0.15) is 23.1 Å². The molecule has 0 radical (unpaired) electrons. The Morgan fingerprint density at radius 2 is 1.96 bits per heavy atom. The lowest BCUT2D eigenvalue weighted by atomic mass is 10.3. The van der Waals surface area contributed by atoms with Crippen LogP contribution in [0, 0.1) is 0 Å². The van der Waals surface area contributed by atoms with E-state index in [0.717, 1.165) is 16.9 Å². The summed E-state index contributed by atoms with van der Waals surface area (Å²) in [6.45, 7) is 1.97. The second-order valence-electron chi connectivity index (χ2n) is 5.37.